The second-order valence-electron chi connectivity index (χ2n) is 3.75. The van der Waals surface area contributed by atoms with Crippen LogP contribution in [0.1, 0.15) is 0 Å². The Balaban J connectivity index is 0.00000108. The van der Waals surface area contributed by atoms with E-state index in [1.807, 2.05) is 59.3 Å². The Morgan fingerprint density at radius 1 is 1.29 bits per heavy atom. The van der Waals surface area contributed by atoms with E-state index >= 15 is 0 Å². The zero-order valence-electron chi connectivity index (χ0n) is 9.29. The van der Waals surface area contributed by atoms with Crippen LogP contribution < -0.4 is 22.7 Å². The van der Waals surface area contributed by atoms with Gasteiger partial charge in [-0.2, -0.15) is 4.57 Å². The average molecular weight is 250 g/mol. The number of aryl methyl sites for hydroxylation is 1. The van der Waals surface area contributed by atoms with Gasteiger partial charge in [-0.25, -0.2) is 9.08 Å². The number of halogens is 1. The summed E-state index contributed by atoms with van der Waals surface area (Å²) in [5, 5.41) is 4.44. The molecule has 0 aromatic carbocycles. The minimum Gasteiger partial charge on any atom is -1.00 e. The maximum absolute atomic E-state index is 6.07. The van der Waals surface area contributed by atoms with Gasteiger partial charge in [-0.05, 0) is 12.1 Å². The van der Waals surface area contributed by atoms with E-state index in [1.54, 1.807) is 4.52 Å². The number of nitrogens with zero attached hydrogens (tertiary/aromatic N) is 4. The molecule has 3 rings (SSSR count). The van der Waals surface area contributed by atoms with Crippen LogP contribution in [0.25, 0.3) is 11.3 Å². The van der Waals surface area contributed by atoms with E-state index in [-0.39, 0.29) is 12.4 Å². The monoisotopic (exact) mass is 249 g/mol. The van der Waals surface area contributed by atoms with Gasteiger partial charge in [0.1, 0.15) is 18.1 Å². The molecule has 88 valence electrons. The zero-order valence-corrected chi connectivity index (χ0v) is 10.0. The summed E-state index contributed by atoms with van der Waals surface area (Å²) in [6.45, 7) is 0. The predicted octanol–water partition coefficient (Wildman–Crippen LogP) is -2.46. The van der Waals surface area contributed by atoms with Crippen molar-refractivity contribution < 1.29 is 17.0 Å². The van der Waals surface area contributed by atoms with Crippen LogP contribution in [-0.4, -0.2) is 14.2 Å². The first-order valence-corrected chi connectivity index (χ1v) is 5.02. The number of nitrogens with two attached hydrogens (primary N) is 1. The molecule has 2 N–H and O–H groups in total. The summed E-state index contributed by atoms with van der Waals surface area (Å²) in [5.74, 6) is 0.756. The van der Waals surface area contributed by atoms with E-state index in [0.29, 0.717) is 5.69 Å². The molecule has 0 unspecified atom stereocenters. The van der Waals surface area contributed by atoms with Crippen molar-refractivity contribution in [3.05, 3.63) is 43.1 Å². The molecule has 0 radical (unpaired) electrons. The van der Waals surface area contributed by atoms with Gasteiger partial charge >= 0.3 is 0 Å². The Hall–Kier alpha value is -2.01. The molecular formula is C11H12ClN5. The quantitative estimate of drug-likeness (QED) is 0.487. The molecule has 0 saturated heterocycles. The molecule has 6 heteroatoms. The molecule has 0 bridgehead atoms. The van der Waals surface area contributed by atoms with Crippen LogP contribution >= 0.6 is 0 Å². The van der Waals surface area contributed by atoms with E-state index in [1.165, 1.54) is 0 Å². The number of hydrogen-bond donors (Lipinski definition) is 1. The molecule has 0 amide bonds. The van der Waals surface area contributed by atoms with Gasteiger partial charge < -0.3 is 18.1 Å². The largest absolute Gasteiger partial charge is 1.00 e. The first-order valence-electron chi connectivity index (χ1n) is 5.02. The van der Waals surface area contributed by atoms with Crippen molar-refractivity contribution in [2.45, 2.75) is 0 Å². The Kier molecular flexibility index (Phi) is 2.77. The van der Waals surface area contributed by atoms with E-state index in [0.717, 1.165) is 11.3 Å². The van der Waals surface area contributed by atoms with Gasteiger partial charge in [0, 0.05) is 6.20 Å². The van der Waals surface area contributed by atoms with Gasteiger partial charge in [0.2, 0.25) is 6.33 Å². The number of fused-ring (bicyclic) bond motifs is 1. The van der Waals surface area contributed by atoms with Crippen molar-refractivity contribution in [3.63, 3.8) is 0 Å². The fourth-order valence-corrected chi connectivity index (χ4v) is 1.77. The van der Waals surface area contributed by atoms with Crippen LogP contribution in [0.3, 0.4) is 0 Å². The second-order valence-corrected chi connectivity index (χ2v) is 3.75. The fourth-order valence-electron chi connectivity index (χ4n) is 1.77. The van der Waals surface area contributed by atoms with Crippen molar-refractivity contribution in [3.8, 4) is 5.82 Å². The van der Waals surface area contributed by atoms with Crippen LogP contribution in [0, 0.1) is 0 Å². The maximum Gasteiger partial charge on any atom is 0.268 e. The summed E-state index contributed by atoms with van der Waals surface area (Å²) < 4.78 is 5.64. The predicted molar refractivity (Wildman–Crippen MR) is 60.1 cm³/mol. The Morgan fingerprint density at radius 2 is 2.12 bits per heavy atom. The number of pyridine rings is 1. The normalized spacial score (nSPS) is 10.4. The molecule has 0 fully saturated rings. The first-order chi connectivity index (χ1) is 7.75. The Morgan fingerprint density at radius 3 is 2.76 bits per heavy atom. The lowest BCUT2D eigenvalue weighted by atomic mass is 10.3. The molecule has 3 aromatic rings. The molecular weight excluding hydrogens is 238 g/mol. The van der Waals surface area contributed by atoms with Crippen molar-refractivity contribution in [1.82, 2.24) is 14.2 Å². The summed E-state index contributed by atoms with van der Waals surface area (Å²) in [6, 6.07) is 5.83. The highest BCUT2D eigenvalue weighted by atomic mass is 35.5. The van der Waals surface area contributed by atoms with Gasteiger partial charge in [0.05, 0.1) is 12.6 Å². The number of nitrogen functional groups attached to an aromatic ring is 1. The van der Waals surface area contributed by atoms with Crippen molar-refractivity contribution in [2.24, 2.45) is 7.05 Å². The highest BCUT2D eigenvalue weighted by Gasteiger charge is 2.15. The van der Waals surface area contributed by atoms with E-state index in [4.69, 9.17) is 5.73 Å². The van der Waals surface area contributed by atoms with Crippen LogP contribution in [-0.2, 0) is 7.05 Å². The van der Waals surface area contributed by atoms with Crippen molar-refractivity contribution in [1.29, 1.82) is 0 Å². The Bertz CT molecular complexity index is 655. The van der Waals surface area contributed by atoms with E-state index in [2.05, 4.69) is 5.10 Å². The van der Waals surface area contributed by atoms with E-state index in [9.17, 15) is 0 Å². The molecule has 0 saturated carbocycles. The third kappa shape index (κ3) is 1.74. The molecule has 0 aliphatic rings. The summed E-state index contributed by atoms with van der Waals surface area (Å²) in [4.78, 5) is 0. The van der Waals surface area contributed by atoms with Crippen molar-refractivity contribution >= 4 is 11.2 Å². The van der Waals surface area contributed by atoms with Gasteiger partial charge in [-0.15, -0.1) is 5.10 Å². The van der Waals surface area contributed by atoms with Gasteiger partial charge in [-0.3, -0.25) is 0 Å². The number of rotatable bonds is 1. The lowest BCUT2D eigenvalue weighted by Gasteiger charge is -1.90. The third-order valence-corrected chi connectivity index (χ3v) is 2.57. The number of aromatic nitrogens is 4. The average Bonchev–Trinajstić information content (AvgIpc) is 2.84. The van der Waals surface area contributed by atoms with E-state index < -0.39 is 0 Å². The number of imidazole rings is 1. The topological polar surface area (TPSA) is 52.1 Å². The van der Waals surface area contributed by atoms with Gasteiger partial charge in [-0.1, -0.05) is 6.07 Å². The summed E-state index contributed by atoms with van der Waals surface area (Å²) >= 11 is 0. The first kappa shape index (κ1) is 11.5. The van der Waals surface area contributed by atoms with Crippen LogP contribution in [0.15, 0.2) is 43.1 Å². The van der Waals surface area contributed by atoms with Crippen LogP contribution in [0.4, 0.5) is 5.69 Å². The molecule has 0 atom stereocenters. The standard InChI is InChI=1S/C11H12N5.ClH/c1-14-6-7-15(8-14)11-10(12)9-4-2-3-5-16(9)13-11;/h2-8H,12H2,1H3;1H/q+1;/p-1. The van der Waals surface area contributed by atoms with Crippen LogP contribution in [0.5, 0.6) is 0 Å². The van der Waals surface area contributed by atoms with Crippen LogP contribution in [0.2, 0.25) is 0 Å². The molecule has 0 spiro atoms. The minimum atomic E-state index is 0. The molecule has 3 heterocycles. The fraction of sp³-hybridized carbons (Fsp3) is 0.0909. The number of anilines is 1. The van der Waals surface area contributed by atoms with Crippen molar-refractivity contribution in [2.75, 3.05) is 5.73 Å². The minimum absolute atomic E-state index is 0. The summed E-state index contributed by atoms with van der Waals surface area (Å²) in [6.07, 6.45) is 7.69. The summed E-state index contributed by atoms with van der Waals surface area (Å²) in [7, 11) is 1.96. The molecule has 17 heavy (non-hydrogen) atoms. The lowest BCUT2D eigenvalue weighted by Crippen LogP contribution is -3.00. The third-order valence-electron chi connectivity index (χ3n) is 2.57. The molecule has 0 aliphatic carbocycles. The Labute approximate surface area is 105 Å². The smallest absolute Gasteiger partial charge is 0.268 e. The highest BCUT2D eigenvalue weighted by Crippen LogP contribution is 2.20. The second kappa shape index (κ2) is 4.10. The number of hydrogen-bond acceptors (Lipinski definition) is 2. The molecule has 5 nitrogen and oxygen atoms in total. The molecule has 0 aliphatic heterocycles. The SMILES string of the molecule is C[n+]1ccn(-c2nn3ccccc3c2N)c1.[Cl-]. The van der Waals surface area contributed by atoms with Gasteiger partial charge in [0.15, 0.2) is 0 Å². The highest BCUT2D eigenvalue weighted by molar-refractivity contribution is 5.76. The summed E-state index contributed by atoms with van der Waals surface area (Å²) in [5.41, 5.74) is 7.68. The lowest BCUT2D eigenvalue weighted by molar-refractivity contribution is -0.670. The van der Waals surface area contributed by atoms with Gasteiger partial charge in [0.25, 0.3) is 5.82 Å². The molecule has 3 aromatic heterocycles. The maximum atomic E-state index is 6.07. The zero-order chi connectivity index (χ0) is 11.1.